The Labute approximate surface area is 98.2 Å². The molecule has 0 amide bonds. The second kappa shape index (κ2) is 6.38. The van der Waals surface area contributed by atoms with E-state index < -0.39 is 0 Å². The Hall–Kier alpha value is -1.22. The first-order valence-corrected chi connectivity index (χ1v) is 5.80. The highest BCUT2D eigenvalue weighted by molar-refractivity contribution is 5.53. The van der Waals surface area contributed by atoms with Crippen LogP contribution in [0.5, 0.6) is 0 Å². The molecular formula is C13H22N2O. The van der Waals surface area contributed by atoms with E-state index in [1.54, 1.807) is 7.11 Å². The molecule has 3 nitrogen and oxygen atoms in total. The van der Waals surface area contributed by atoms with Gasteiger partial charge in [0.05, 0.1) is 0 Å². The maximum atomic E-state index is 5.69. The van der Waals surface area contributed by atoms with Gasteiger partial charge >= 0.3 is 0 Å². The van der Waals surface area contributed by atoms with Crippen LogP contribution in [0.2, 0.25) is 0 Å². The third-order valence-corrected chi connectivity index (χ3v) is 2.84. The lowest BCUT2D eigenvalue weighted by molar-refractivity contribution is 0.188. The van der Waals surface area contributed by atoms with E-state index in [0.717, 1.165) is 25.3 Å². The first kappa shape index (κ1) is 12.8. The standard InChI is InChI=1S/C13H22N2O/c1-4-15(11(2)9-10-16-3)13-7-5-12(14)6-8-13/h5-8,11H,4,9-10,14H2,1-3H3. The van der Waals surface area contributed by atoms with Gasteiger partial charge in [-0.2, -0.15) is 0 Å². The van der Waals surface area contributed by atoms with Crippen LogP contribution in [0.1, 0.15) is 20.3 Å². The second-order valence-corrected chi connectivity index (χ2v) is 4.01. The van der Waals surface area contributed by atoms with Gasteiger partial charge in [0.2, 0.25) is 0 Å². The summed E-state index contributed by atoms with van der Waals surface area (Å²) in [6.07, 6.45) is 1.04. The SMILES string of the molecule is CCN(c1ccc(N)cc1)C(C)CCOC. The number of nitrogen functional groups attached to an aromatic ring is 1. The summed E-state index contributed by atoms with van der Waals surface area (Å²) in [6, 6.07) is 8.51. The highest BCUT2D eigenvalue weighted by Gasteiger charge is 2.12. The average Bonchev–Trinajstić information content (AvgIpc) is 2.30. The minimum Gasteiger partial charge on any atom is -0.399 e. The van der Waals surface area contributed by atoms with Gasteiger partial charge in [0.1, 0.15) is 0 Å². The second-order valence-electron chi connectivity index (χ2n) is 4.01. The normalized spacial score (nSPS) is 12.4. The maximum Gasteiger partial charge on any atom is 0.0481 e. The van der Waals surface area contributed by atoms with Crippen LogP contribution in [-0.4, -0.2) is 26.3 Å². The molecule has 0 aromatic heterocycles. The molecular weight excluding hydrogens is 200 g/mol. The topological polar surface area (TPSA) is 38.5 Å². The highest BCUT2D eigenvalue weighted by atomic mass is 16.5. The lowest BCUT2D eigenvalue weighted by atomic mass is 10.1. The molecule has 0 heterocycles. The van der Waals surface area contributed by atoms with Crippen molar-refractivity contribution in [2.45, 2.75) is 26.3 Å². The molecule has 16 heavy (non-hydrogen) atoms. The summed E-state index contributed by atoms with van der Waals surface area (Å²) in [5.41, 5.74) is 7.72. The largest absolute Gasteiger partial charge is 0.399 e. The highest BCUT2D eigenvalue weighted by Crippen LogP contribution is 2.19. The van der Waals surface area contributed by atoms with Crippen LogP contribution in [-0.2, 0) is 4.74 Å². The molecule has 1 atom stereocenters. The van der Waals surface area contributed by atoms with E-state index in [9.17, 15) is 0 Å². The first-order chi connectivity index (χ1) is 7.69. The van der Waals surface area contributed by atoms with Crippen molar-refractivity contribution in [3.05, 3.63) is 24.3 Å². The van der Waals surface area contributed by atoms with Gasteiger partial charge < -0.3 is 15.4 Å². The molecule has 0 saturated carbocycles. The van der Waals surface area contributed by atoms with Crippen molar-refractivity contribution in [3.8, 4) is 0 Å². The summed E-state index contributed by atoms with van der Waals surface area (Å²) in [7, 11) is 1.74. The molecule has 2 N–H and O–H groups in total. The van der Waals surface area contributed by atoms with Crippen LogP contribution in [0, 0.1) is 0 Å². The monoisotopic (exact) mass is 222 g/mol. The minimum atomic E-state index is 0.480. The van der Waals surface area contributed by atoms with E-state index in [4.69, 9.17) is 10.5 Å². The van der Waals surface area contributed by atoms with Crippen LogP contribution in [0.25, 0.3) is 0 Å². The van der Waals surface area contributed by atoms with Gasteiger partial charge in [-0.1, -0.05) is 0 Å². The Morgan fingerprint density at radius 2 is 1.94 bits per heavy atom. The number of methoxy groups -OCH3 is 1. The van der Waals surface area contributed by atoms with E-state index in [1.807, 2.05) is 12.1 Å². The molecule has 0 spiro atoms. The lowest BCUT2D eigenvalue weighted by Crippen LogP contribution is -2.33. The van der Waals surface area contributed by atoms with Crippen molar-refractivity contribution in [3.63, 3.8) is 0 Å². The molecule has 1 rings (SSSR count). The van der Waals surface area contributed by atoms with Crippen LogP contribution >= 0.6 is 0 Å². The van der Waals surface area contributed by atoms with Crippen molar-refractivity contribution in [2.24, 2.45) is 0 Å². The minimum absolute atomic E-state index is 0.480. The molecule has 3 heteroatoms. The Balaban J connectivity index is 2.69. The molecule has 1 unspecified atom stereocenters. The molecule has 1 aromatic rings. The van der Waals surface area contributed by atoms with Gasteiger partial charge in [0.25, 0.3) is 0 Å². The van der Waals surface area contributed by atoms with Crippen molar-refractivity contribution in [1.29, 1.82) is 0 Å². The fourth-order valence-electron chi connectivity index (χ4n) is 1.86. The summed E-state index contributed by atoms with van der Waals surface area (Å²) < 4.78 is 5.12. The Morgan fingerprint density at radius 1 is 1.31 bits per heavy atom. The number of hydrogen-bond donors (Lipinski definition) is 1. The average molecular weight is 222 g/mol. The number of anilines is 2. The van der Waals surface area contributed by atoms with Crippen LogP contribution < -0.4 is 10.6 Å². The molecule has 0 saturated heterocycles. The van der Waals surface area contributed by atoms with Crippen molar-refractivity contribution in [2.75, 3.05) is 30.9 Å². The summed E-state index contributed by atoms with van der Waals surface area (Å²) in [6.45, 7) is 6.18. The Bertz CT molecular complexity index is 297. The van der Waals surface area contributed by atoms with Gasteiger partial charge in [-0.25, -0.2) is 0 Å². The zero-order valence-corrected chi connectivity index (χ0v) is 10.4. The summed E-state index contributed by atoms with van der Waals surface area (Å²) >= 11 is 0. The molecule has 1 aromatic carbocycles. The third kappa shape index (κ3) is 3.42. The number of hydrogen-bond acceptors (Lipinski definition) is 3. The molecule has 0 aliphatic carbocycles. The summed E-state index contributed by atoms with van der Waals surface area (Å²) in [4.78, 5) is 2.36. The number of nitrogens with zero attached hydrogens (tertiary/aromatic N) is 1. The molecule has 0 radical (unpaired) electrons. The molecule has 90 valence electrons. The quantitative estimate of drug-likeness (QED) is 0.752. The van der Waals surface area contributed by atoms with Gasteiger partial charge in [0.15, 0.2) is 0 Å². The zero-order chi connectivity index (χ0) is 12.0. The summed E-state index contributed by atoms with van der Waals surface area (Å²) in [5, 5.41) is 0. The molecule has 0 aliphatic heterocycles. The fourth-order valence-corrected chi connectivity index (χ4v) is 1.86. The van der Waals surface area contributed by atoms with Gasteiger partial charge in [-0.15, -0.1) is 0 Å². The van der Waals surface area contributed by atoms with E-state index in [1.165, 1.54) is 5.69 Å². The molecule has 0 fully saturated rings. The van der Waals surface area contributed by atoms with Crippen molar-refractivity contribution < 1.29 is 4.74 Å². The summed E-state index contributed by atoms with van der Waals surface area (Å²) in [5.74, 6) is 0. The Morgan fingerprint density at radius 3 is 2.44 bits per heavy atom. The number of nitrogens with two attached hydrogens (primary N) is 1. The number of ether oxygens (including phenoxy) is 1. The number of benzene rings is 1. The van der Waals surface area contributed by atoms with Gasteiger partial charge in [-0.3, -0.25) is 0 Å². The van der Waals surface area contributed by atoms with E-state index >= 15 is 0 Å². The van der Waals surface area contributed by atoms with Gasteiger partial charge in [0, 0.05) is 37.7 Å². The maximum absolute atomic E-state index is 5.69. The lowest BCUT2D eigenvalue weighted by Gasteiger charge is -2.30. The predicted molar refractivity (Wildman–Crippen MR) is 69.8 cm³/mol. The fraction of sp³-hybridized carbons (Fsp3) is 0.538. The van der Waals surface area contributed by atoms with Crippen LogP contribution in [0.3, 0.4) is 0 Å². The van der Waals surface area contributed by atoms with Crippen molar-refractivity contribution in [1.82, 2.24) is 0 Å². The van der Waals surface area contributed by atoms with E-state index in [2.05, 4.69) is 30.9 Å². The molecule has 0 aliphatic rings. The van der Waals surface area contributed by atoms with E-state index in [0.29, 0.717) is 6.04 Å². The van der Waals surface area contributed by atoms with Crippen LogP contribution in [0.4, 0.5) is 11.4 Å². The predicted octanol–water partition coefficient (Wildman–Crippen LogP) is 2.52. The number of rotatable bonds is 6. The first-order valence-electron chi connectivity index (χ1n) is 5.80. The van der Waals surface area contributed by atoms with Crippen molar-refractivity contribution >= 4 is 11.4 Å². The van der Waals surface area contributed by atoms with Crippen LogP contribution in [0.15, 0.2) is 24.3 Å². The third-order valence-electron chi connectivity index (χ3n) is 2.84. The molecule has 0 bridgehead atoms. The Kier molecular flexibility index (Phi) is 5.12. The van der Waals surface area contributed by atoms with Gasteiger partial charge in [-0.05, 0) is 44.5 Å². The van der Waals surface area contributed by atoms with E-state index in [-0.39, 0.29) is 0 Å². The smallest absolute Gasteiger partial charge is 0.0481 e. The zero-order valence-electron chi connectivity index (χ0n) is 10.4.